The summed E-state index contributed by atoms with van der Waals surface area (Å²) < 4.78 is 47.8. The van der Waals surface area contributed by atoms with Gasteiger partial charge < -0.3 is 15.2 Å². The van der Waals surface area contributed by atoms with E-state index in [2.05, 4.69) is 9.84 Å². The summed E-state index contributed by atoms with van der Waals surface area (Å²) in [5, 5.41) is 4.06. The molecule has 114 valence electrons. The number of hydrogen-bond acceptors (Lipinski definition) is 4. The summed E-state index contributed by atoms with van der Waals surface area (Å²) in [6.07, 6.45) is -1.71. The number of nitrogen functional groups attached to an aromatic ring is 1. The van der Waals surface area contributed by atoms with Crippen molar-refractivity contribution in [3.8, 4) is 16.9 Å². The summed E-state index contributed by atoms with van der Waals surface area (Å²) in [5.74, 6) is -0.317. The fourth-order valence-electron chi connectivity index (χ4n) is 1.80. The second-order valence-electron chi connectivity index (χ2n) is 4.29. The van der Waals surface area contributed by atoms with Gasteiger partial charge in [0, 0.05) is 30.1 Å². The number of ether oxygens (including phenoxy) is 2. The van der Waals surface area contributed by atoms with Crippen LogP contribution in [0.1, 0.15) is 0 Å². The Morgan fingerprint density at radius 3 is 2.76 bits per heavy atom. The molecule has 1 heterocycles. The van der Waals surface area contributed by atoms with Crippen LogP contribution in [0.5, 0.6) is 5.75 Å². The third-order valence-electron chi connectivity index (χ3n) is 2.70. The maximum atomic E-state index is 12.4. The number of methoxy groups -OCH3 is 1. The molecule has 0 atom stereocenters. The van der Waals surface area contributed by atoms with Gasteiger partial charge in [0.2, 0.25) is 0 Å². The molecule has 0 saturated heterocycles. The highest BCUT2D eigenvalue weighted by molar-refractivity contribution is 5.73. The predicted molar refractivity (Wildman–Crippen MR) is 70.6 cm³/mol. The minimum Gasteiger partial charge on any atom is -0.405 e. The highest BCUT2D eigenvalue weighted by Gasteiger charge is 2.32. The van der Waals surface area contributed by atoms with E-state index in [0.717, 1.165) is 0 Å². The highest BCUT2D eigenvalue weighted by Crippen LogP contribution is 2.35. The Labute approximate surface area is 119 Å². The van der Waals surface area contributed by atoms with Crippen LogP contribution in [0.2, 0.25) is 0 Å². The van der Waals surface area contributed by atoms with Gasteiger partial charge in [-0.05, 0) is 18.2 Å². The lowest BCUT2D eigenvalue weighted by atomic mass is 10.1. The molecule has 1 aromatic carbocycles. The summed E-state index contributed by atoms with van der Waals surface area (Å²) in [6.45, 7) is 0.943. The maximum absolute atomic E-state index is 12.4. The van der Waals surface area contributed by atoms with E-state index in [1.165, 1.54) is 24.4 Å². The number of benzene rings is 1. The van der Waals surface area contributed by atoms with Gasteiger partial charge in [0.1, 0.15) is 5.75 Å². The van der Waals surface area contributed by atoms with Gasteiger partial charge in [-0.15, -0.1) is 13.2 Å². The van der Waals surface area contributed by atoms with Crippen molar-refractivity contribution in [3.05, 3.63) is 30.6 Å². The lowest BCUT2D eigenvalue weighted by Gasteiger charge is -2.13. The van der Waals surface area contributed by atoms with Crippen LogP contribution < -0.4 is 10.5 Å². The smallest absolute Gasteiger partial charge is 0.405 e. The zero-order valence-corrected chi connectivity index (χ0v) is 11.2. The predicted octanol–water partition coefficient (Wildman–Crippen LogP) is 2.68. The second-order valence-corrected chi connectivity index (χ2v) is 4.29. The molecule has 0 unspecified atom stereocenters. The molecule has 0 aliphatic rings. The van der Waals surface area contributed by atoms with E-state index in [4.69, 9.17) is 10.5 Å². The molecule has 0 radical (unpaired) electrons. The highest BCUT2D eigenvalue weighted by atomic mass is 19.4. The van der Waals surface area contributed by atoms with Crippen LogP contribution in [0.3, 0.4) is 0 Å². The molecule has 0 saturated carbocycles. The normalized spacial score (nSPS) is 11.6. The van der Waals surface area contributed by atoms with Crippen molar-refractivity contribution in [3.63, 3.8) is 0 Å². The van der Waals surface area contributed by atoms with Crippen LogP contribution in [0.15, 0.2) is 30.6 Å². The molecule has 0 bridgehead atoms. The Kier molecular flexibility index (Phi) is 4.37. The molecular formula is C13H14F3N3O2. The van der Waals surface area contributed by atoms with Crippen LogP contribution in [-0.4, -0.2) is 29.9 Å². The zero-order chi connectivity index (χ0) is 15.5. The molecule has 2 aromatic rings. The average molecular weight is 301 g/mol. The van der Waals surface area contributed by atoms with Gasteiger partial charge in [0.05, 0.1) is 19.3 Å². The molecule has 8 heteroatoms. The topological polar surface area (TPSA) is 62.3 Å². The van der Waals surface area contributed by atoms with Crippen LogP contribution in [0, 0.1) is 0 Å². The van der Waals surface area contributed by atoms with Crippen molar-refractivity contribution in [2.24, 2.45) is 0 Å². The number of alkyl halides is 3. The SMILES string of the molecule is COCCn1cc(-c2cc(N)ccc2OC(F)(F)F)cn1. The molecule has 0 fully saturated rings. The first-order valence-electron chi connectivity index (χ1n) is 6.06. The molecule has 0 aliphatic heterocycles. The Balaban J connectivity index is 2.33. The van der Waals surface area contributed by atoms with Crippen molar-refractivity contribution in [1.29, 1.82) is 0 Å². The van der Waals surface area contributed by atoms with E-state index < -0.39 is 6.36 Å². The molecule has 0 amide bonds. The molecule has 0 spiro atoms. The number of aromatic nitrogens is 2. The fourth-order valence-corrected chi connectivity index (χ4v) is 1.80. The van der Waals surface area contributed by atoms with Crippen molar-refractivity contribution >= 4 is 5.69 Å². The quantitative estimate of drug-likeness (QED) is 0.862. The average Bonchev–Trinajstić information content (AvgIpc) is 2.85. The molecule has 2 rings (SSSR count). The summed E-state index contributed by atoms with van der Waals surface area (Å²) in [4.78, 5) is 0. The number of nitrogens with zero attached hydrogens (tertiary/aromatic N) is 2. The largest absolute Gasteiger partial charge is 0.573 e. The molecule has 1 aromatic heterocycles. The van der Waals surface area contributed by atoms with E-state index in [0.29, 0.717) is 24.4 Å². The number of anilines is 1. The molecule has 5 nitrogen and oxygen atoms in total. The third-order valence-corrected chi connectivity index (χ3v) is 2.70. The van der Waals surface area contributed by atoms with Crippen molar-refractivity contribution in [1.82, 2.24) is 9.78 Å². The van der Waals surface area contributed by atoms with Gasteiger partial charge in [-0.2, -0.15) is 5.10 Å². The lowest BCUT2D eigenvalue weighted by molar-refractivity contribution is -0.274. The maximum Gasteiger partial charge on any atom is 0.573 e. The molecular weight excluding hydrogens is 287 g/mol. The first-order chi connectivity index (χ1) is 9.89. The number of halogens is 3. The van der Waals surface area contributed by atoms with Gasteiger partial charge in [0.25, 0.3) is 0 Å². The summed E-state index contributed by atoms with van der Waals surface area (Å²) in [5.41, 5.74) is 6.69. The van der Waals surface area contributed by atoms with Crippen LogP contribution in [-0.2, 0) is 11.3 Å². The summed E-state index contributed by atoms with van der Waals surface area (Å²) >= 11 is 0. The van der Waals surface area contributed by atoms with E-state index in [1.807, 2.05) is 0 Å². The molecule has 21 heavy (non-hydrogen) atoms. The monoisotopic (exact) mass is 301 g/mol. The third kappa shape index (κ3) is 4.12. The zero-order valence-electron chi connectivity index (χ0n) is 11.2. The van der Waals surface area contributed by atoms with Gasteiger partial charge in [-0.1, -0.05) is 0 Å². The minimum atomic E-state index is -4.77. The number of hydrogen-bond donors (Lipinski definition) is 1. The van der Waals surface area contributed by atoms with Gasteiger partial charge in [-0.3, -0.25) is 4.68 Å². The Morgan fingerprint density at radius 1 is 1.33 bits per heavy atom. The van der Waals surface area contributed by atoms with Gasteiger partial charge in [0.15, 0.2) is 0 Å². The Hall–Kier alpha value is -2.22. The van der Waals surface area contributed by atoms with Gasteiger partial charge in [-0.25, -0.2) is 0 Å². The fraction of sp³-hybridized carbons (Fsp3) is 0.308. The van der Waals surface area contributed by atoms with E-state index in [-0.39, 0.29) is 11.3 Å². The summed E-state index contributed by atoms with van der Waals surface area (Å²) in [6, 6.07) is 3.95. The Bertz CT molecular complexity index is 611. The summed E-state index contributed by atoms with van der Waals surface area (Å²) in [7, 11) is 1.55. The van der Waals surface area contributed by atoms with Crippen LogP contribution in [0.4, 0.5) is 18.9 Å². The van der Waals surface area contributed by atoms with Crippen molar-refractivity contribution < 1.29 is 22.6 Å². The number of rotatable bonds is 5. The van der Waals surface area contributed by atoms with E-state index in [1.54, 1.807) is 18.0 Å². The lowest BCUT2D eigenvalue weighted by Crippen LogP contribution is -2.17. The first kappa shape index (κ1) is 15.2. The van der Waals surface area contributed by atoms with Crippen molar-refractivity contribution in [2.45, 2.75) is 12.9 Å². The van der Waals surface area contributed by atoms with E-state index >= 15 is 0 Å². The first-order valence-corrected chi connectivity index (χ1v) is 6.06. The minimum absolute atomic E-state index is 0.232. The van der Waals surface area contributed by atoms with E-state index in [9.17, 15) is 13.2 Å². The molecule has 0 aliphatic carbocycles. The van der Waals surface area contributed by atoms with Crippen molar-refractivity contribution in [2.75, 3.05) is 19.5 Å². The second kappa shape index (κ2) is 6.04. The Morgan fingerprint density at radius 2 is 2.10 bits per heavy atom. The van der Waals surface area contributed by atoms with Gasteiger partial charge >= 0.3 is 6.36 Å². The number of nitrogens with two attached hydrogens (primary N) is 1. The van der Waals surface area contributed by atoms with Crippen LogP contribution >= 0.6 is 0 Å². The van der Waals surface area contributed by atoms with Crippen LogP contribution in [0.25, 0.3) is 11.1 Å². The molecule has 2 N–H and O–H groups in total. The standard InChI is InChI=1S/C13H14F3N3O2/c1-20-5-4-19-8-9(7-18-19)11-6-10(17)2-3-12(11)21-13(14,15)16/h2-3,6-8H,4-5,17H2,1H3.